The number of para-hydroxylation sites is 1. The SMILES string of the molecule is CCOC(=O)CCC(=O)N1CCN(Cc2nnnn2-c2ccccc2)CC1. The monoisotopic (exact) mass is 372 g/mol. The average Bonchev–Trinajstić information content (AvgIpc) is 3.16. The second kappa shape index (κ2) is 9.22. The largest absolute Gasteiger partial charge is 0.466 e. The molecule has 0 N–H and O–H groups in total. The molecule has 1 aromatic heterocycles. The minimum Gasteiger partial charge on any atom is -0.466 e. The molecule has 0 spiro atoms. The molecular formula is C18H24N6O3. The van der Waals surface area contributed by atoms with Gasteiger partial charge in [-0.05, 0) is 29.5 Å². The van der Waals surface area contributed by atoms with Crippen LogP contribution in [0.25, 0.3) is 5.69 Å². The van der Waals surface area contributed by atoms with E-state index in [-0.39, 0.29) is 24.7 Å². The smallest absolute Gasteiger partial charge is 0.306 e. The van der Waals surface area contributed by atoms with Crippen molar-refractivity contribution in [1.82, 2.24) is 30.0 Å². The van der Waals surface area contributed by atoms with E-state index in [0.29, 0.717) is 26.2 Å². The van der Waals surface area contributed by atoms with Crippen molar-refractivity contribution in [3.63, 3.8) is 0 Å². The second-order valence-corrected chi connectivity index (χ2v) is 6.30. The Labute approximate surface area is 157 Å². The highest BCUT2D eigenvalue weighted by Crippen LogP contribution is 2.12. The lowest BCUT2D eigenvalue weighted by molar-refractivity contribution is -0.146. The normalized spacial score (nSPS) is 14.9. The number of carbonyl (C=O) groups excluding carboxylic acids is 2. The highest BCUT2D eigenvalue weighted by atomic mass is 16.5. The van der Waals surface area contributed by atoms with E-state index in [1.165, 1.54) is 0 Å². The number of esters is 1. The summed E-state index contributed by atoms with van der Waals surface area (Å²) >= 11 is 0. The second-order valence-electron chi connectivity index (χ2n) is 6.30. The van der Waals surface area contributed by atoms with Crippen LogP contribution in [-0.2, 0) is 20.9 Å². The van der Waals surface area contributed by atoms with Crippen LogP contribution in [0.15, 0.2) is 30.3 Å². The maximum atomic E-state index is 12.2. The average molecular weight is 372 g/mol. The molecule has 2 heterocycles. The van der Waals surface area contributed by atoms with E-state index in [0.717, 1.165) is 24.6 Å². The number of ether oxygens (including phenoxy) is 1. The first-order chi connectivity index (χ1) is 13.2. The summed E-state index contributed by atoms with van der Waals surface area (Å²) in [6.45, 7) is 5.47. The van der Waals surface area contributed by atoms with Crippen molar-refractivity contribution in [3.8, 4) is 5.69 Å². The summed E-state index contributed by atoms with van der Waals surface area (Å²) in [5.41, 5.74) is 0.922. The van der Waals surface area contributed by atoms with Crippen LogP contribution >= 0.6 is 0 Å². The fraction of sp³-hybridized carbons (Fsp3) is 0.500. The summed E-state index contributed by atoms with van der Waals surface area (Å²) in [7, 11) is 0. The van der Waals surface area contributed by atoms with Gasteiger partial charge in [0.25, 0.3) is 0 Å². The van der Waals surface area contributed by atoms with Gasteiger partial charge in [-0.2, -0.15) is 4.68 Å². The molecule has 9 heteroatoms. The minimum absolute atomic E-state index is 0.00294. The Balaban J connectivity index is 1.49. The summed E-state index contributed by atoms with van der Waals surface area (Å²) in [6.07, 6.45) is 0.337. The van der Waals surface area contributed by atoms with Crippen molar-refractivity contribution in [2.75, 3.05) is 32.8 Å². The Kier molecular flexibility index (Phi) is 6.48. The summed E-state index contributed by atoms with van der Waals surface area (Å²) in [5, 5.41) is 12.0. The molecule has 0 radical (unpaired) electrons. The number of carbonyl (C=O) groups is 2. The van der Waals surface area contributed by atoms with Gasteiger partial charge in [0.1, 0.15) is 0 Å². The number of tetrazole rings is 1. The lowest BCUT2D eigenvalue weighted by Crippen LogP contribution is -2.48. The van der Waals surface area contributed by atoms with Crippen molar-refractivity contribution >= 4 is 11.9 Å². The molecule has 0 aliphatic carbocycles. The fourth-order valence-electron chi connectivity index (χ4n) is 3.03. The molecular weight excluding hydrogens is 348 g/mol. The van der Waals surface area contributed by atoms with Crippen molar-refractivity contribution in [2.45, 2.75) is 26.3 Å². The molecule has 1 aromatic carbocycles. The van der Waals surface area contributed by atoms with Crippen LogP contribution in [0.2, 0.25) is 0 Å². The Morgan fingerprint density at radius 1 is 1.07 bits per heavy atom. The van der Waals surface area contributed by atoms with Gasteiger partial charge >= 0.3 is 5.97 Å². The first-order valence-corrected chi connectivity index (χ1v) is 9.16. The van der Waals surface area contributed by atoms with Crippen molar-refractivity contribution < 1.29 is 14.3 Å². The van der Waals surface area contributed by atoms with Gasteiger partial charge in [-0.1, -0.05) is 18.2 Å². The summed E-state index contributed by atoms with van der Waals surface area (Å²) in [4.78, 5) is 27.6. The molecule has 0 saturated carbocycles. The van der Waals surface area contributed by atoms with Crippen molar-refractivity contribution in [3.05, 3.63) is 36.2 Å². The highest BCUT2D eigenvalue weighted by molar-refractivity contribution is 5.81. The zero-order valence-corrected chi connectivity index (χ0v) is 15.5. The zero-order chi connectivity index (χ0) is 19.1. The zero-order valence-electron chi connectivity index (χ0n) is 15.5. The Bertz CT molecular complexity index is 755. The Morgan fingerprint density at radius 3 is 2.52 bits per heavy atom. The number of amides is 1. The fourth-order valence-corrected chi connectivity index (χ4v) is 3.03. The topological polar surface area (TPSA) is 93.5 Å². The van der Waals surface area contributed by atoms with E-state index in [4.69, 9.17) is 4.74 Å². The van der Waals surface area contributed by atoms with Crippen LogP contribution in [0.1, 0.15) is 25.6 Å². The molecule has 27 heavy (non-hydrogen) atoms. The van der Waals surface area contributed by atoms with Crippen LogP contribution in [0.3, 0.4) is 0 Å². The molecule has 0 atom stereocenters. The van der Waals surface area contributed by atoms with E-state index in [9.17, 15) is 9.59 Å². The van der Waals surface area contributed by atoms with Gasteiger partial charge in [0, 0.05) is 32.6 Å². The molecule has 3 rings (SSSR count). The molecule has 1 aliphatic rings. The molecule has 1 amide bonds. The van der Waals surface area contributed by atoms with Crippen molar-refractivity contribution in [1.29, 1.82) is 0 Å². The molecule has 0 bridgehead atoms. The van der Waals surface area contributed by atoms with Crippen LogP contribution in [0, 0.1) is 0 Å². The van der Waals surface area contributed by atoms with Gasteiger partial charge in [0.2, 0.25) is 5.91 Å². The molecule has 1 fully saturated rings. The molecule has 2 aromatic rings. The maximum Gasteiger partial charge on any atom is 0.306 e. The van der Waals surface area contributed by atoms with Gasteiger partial charge in [-0.3, -0.25) is 14.5 Å². The predicted molar refractivity (Wildman–Crippen MR) is 96.9 cm³/mol. The quantitative estimate of drug-likeness (QED) is 0.659. The first kappa shape index (κ1) is 19.0. The molecule has 1 saturated heterocycles. The van der Waals surface area contributed by atoms with E-state index in [1.54, 1.807) is 16.5 Å². The predicted octanol–water partition coefficient (Wildman–Crippen LogP) is 0.650. The third kappa shape index (κ3) is 5.10. The lowest BCUT2D eigenvalue weighted by atomic mass is 10.2. The molecule has 0 unspecified atom stereocenters. The van der Waals surface area contributed by atoms with Crippen LogP contribution in [0.4, 0.5) is 0 Å². The number of aromatic nitrogens is 4. The number of benzene rings is 1. The van der Waals surface area contributed by atoms with Crippen LogP contribution in [-0.4, -0.2) is 74.7 Å². The number of nitrogens with zero attached hydrogens (tertiary/aromatic N) is 6. The van der Waals surface area contributed by atoms with Gasteiger partial charge in [0.15, 0.2) is 5.82 Å². The van der Waals surface area contributed by atoms with Gasteiger partial charge in [0.05, 0.1) is 25.3 Å². The third-order valence-electron chi connectivity index (χ3n) is 4.47. The Hall–Kier alpha value is -2.81. The highest BCUT2D eigenvalue weighted by Gasteiger charge is 2.23. The van der Waals surface area contributed by atoms with E-state index in [2.05, 4.69) is 20.4 Å². The lowest BCUT2D eigenvalue weighted by Gasteiger charge is -2.34. The van der Waals surface area contributed by atoms with Gasteiger partial charge < -0.3 is 9.64 Å². The maximum absolute atomic E-state index is 12.2. The first-order valence-electron chi connectivity index (χ1n) is 9.16. The number of piperazine rings is 1. The van der Waals surface area contributed by atoms with Gasteiger partial charge in [-0.25, -0.2) is 0 Å². The van der Waals surface area contributed by atoms with Crippen molar-refractivity contribution in [2.24, 2.45) is 0 Å². The third-order valence-corrected chi connectivity index (χ3v) is 4.47. The molecule has 1 aliphatic heterocycles. The van der Waals surface area contributed by atoms with E-state index < -0.39 is 0 Å². The number of hydrogen-bond acceptors (Lipinski definition) is 7. The standard InChI is InChI=1S/C18H24N6O3/c1-2-27-18(26)9-8-17(25)23-12-10-22(11-13-23)14-16-19-20-21-24(16)15-6-4-3-5-7-15/h3-7H,2,8-14H2,1H3. The summed E-state index contributed by atoms with van der Waals surface area (Å²) in [5.74, 6) is 0.442. The Morgan fingerprint density at radius 2 is 1.81 bits per heavy atom. The van der Waals surface area contributed by atoms with Crippen LogP contribution in [0.5, 0.6) is 0 Å². The minimum atomic E-state index is -0.322. The molecule has 9 nitrogen and oxygen atoms in total. The van der Waals surface area contributed by atoms with Gasteiger partial charge in [-0.15, -0.1) is 5.10 Å². The van der Waals surface area contributed by atoms with Crippen LogP contribution < -0.4 is 0 Å². The summed E-state index contributed by atoms with van der Waals surface area (Å²) in [6, 6.07) is 9.76. The molecule has 144 valence electrons. The van der Waals surface area contributed by atoms with E-state index in [1.807, 2.05) is 30.3 Å². The number of hydrogen-bond donors (Lipinski definition) is 0. The summed E-state index contributed by atoms with van der Waals surface area (Å²) < 4.78 is 6.60. The van der Waals surface area contributed by atoms with E-state index >= 15 is 0 Å². The number of rotatable bonds is 7.